The number of aromatic nitrogens is 2. The van der Waals surface area contributed by atoms with Crippen LogP contribution in [0.15, 0.2) is 33.7 Å². The van der Waals surface area contributed by atoms with Gasteiger partial charge in [0.2, 0.25) is 0 Å². The van der Waals surface area contributed by atoms with Crippen LogP contribution in [-0.2, 0) is 6.54 Å². The minimum Gasteiger partial charge on any atom is -0.309 e. The van der Waals surface area contributed by atoms with Crippen LogP contribution in [0.4, 0.5) is 0 Å². The molecule has 0 saturated carbocycles. The van der Waals surface area contributed by atoms with Crippen LogP contribution in [-0.4, -0.2) is 39.5 Å². The molecule has 5 nitrogen and oxygen atoms in total. The number of hydrogen-bond acceptors (Lipinski definition) is 4. The smallest absolute Gasteiger partial charge is 0.258 e. The Morgan fingerprint density at radius 2 is 2.05 bits per heavy atom. The largest absolute Gasteiger partial charge is 0.309 e. The molecule has 112 valence electrons. The Bertz CT molecular complexity index is 704. The van der Waals surface area contributed by atoms with E-state index in [1.54, 1.807) is 16.7 Å². The monoisotopic (exact) mass is 350 g/mol. The van der Waals surface area contributed by atoms with Crippen LogP contribution in [0.3, 0.4) is 0 Å². The summed E-state index contributed by atoms with van der Waals surface area (Å²) >= 11 is 3.38. The van der Waals surface area contributed by atoms with Gasteiger partial charge in [-0.05, 0) is 41.9 Å². The van der Waals surface area contributed by atoms with Gasteiger partial charge in [0, 0.05) is 48.5 Å². The zero-order valence-electron chi connectivity index (χ0n) is 12.2. The Morgan fingerprint density at radius 3 is 2.76 bits per heavy atom. The van der Waals surface area contributed by atoms with Crippen molar-refractivity contribution in [3.63, 3.8) is 0 Å². The van der Waals surface area contributed by atoms with Crippen LogP contribution in [0.5, 0.6) is 0 Å². The molecule has 2 atom stereocenters. The van der Waals surface area contributed by atoms with E-state index in [0.29, 0.717) is 17.7 Å². The molecule has 1 aliphatic heterocycles. The van der Waals surface area contributed by atoms with Gasteiger partial charge in [-0.25, -0.2) is 4.98 Å². The lowest BCUT2D eigenvalue weighted by Gasteiger charge is -2.35. The van der Waals surface area contributed by atoms with Crippen molar-refractivity contribution in [3.05, 3.63) is 44.9 Å². The first-order chi connectivity index (χ1) is 10.0. The summed E-state index contributed by atoms with van der Waals surface area (Å²) in [4.78, 5) is 19.1. The number of piperazine rings is 1. The third kappa shape index (κ3) is 3.33. The molecule has 0 spiro atoms. The molecule has 0 bridgehead atoms. The summed E-state index contributed by atoms with van der Waals surface area (Å²) in [6.07, 6.45) is 1.75. The molecule has 0 radical (unpaired) electrons. The van der Waals surface area contributed by atoms with Crippen LogP contribution in [0, 0.1) is 0 Å². The van der Waals surface area contributed by atoms with Gasteiger partial charge in [-0.1, -0.05) is 0 Å². The molecule has 1 fully saturated rings. The first kappa shape index (κ1) is 14.7. The van der Waals surface area contributed by atoms with Crippen LogP contribution in [0.25, 0.3) is 5.65 Å². The second kappa shape index (κ2) is 5.87. The van der Waals surface area contributed by atoms with E-state index in [1.165, 1.54) is 0 Å². The fourth-order valence-corrected chi connectivity index (χ4v) is 3.34. The summed E-state index contributed by atoms with van der Waals surface area (Å²) in [6, 6.07) is 6.33. The molecular weight excluding hydrogens is 332 g/mol. The van der Waals surface area contributed by atoms with E-state index in [1.807, 2.05) is 12.1 Å². The molecule has 3 rings (SSSR count). The predicted octanol–water partition coefficient (Wildman–Crippen LogP) is 1.64. The third-order valence-electron chi connectivity index (χ3n) is 3.70. The molecule has 2 aromatic rings. The molecule has 21 heavy (non-hydrogen) atoms. The van der Waals surface area contributed by atoms with Crippen molar-refractivity contribution in [2.75, 3.05) is 13.1 Å². The topological polar surface area (TPSA) is 49.6 Å². The lowest BCUT2D eigenvalue weighted by atomic mass is 10.1. The van der Waals surface area contributed by atoms with E-state index in [0.717, 1.165) is 29.8 Å². The SMILES string of the molecule is CC1CN(Cc2cc(=O)n3cc(Br)ccc3n2)CC(C)N1. The minimum atomic E-state index is -0.0347. The Hall–Kier alpha value is -1.24. The van der Waals surface area contributed by atoms with Crippen molar-refractivity contribution in [3.8, 4) is 0 Å². The standard InChI is InChI=1S/C15H19BrN4O/c1-10-6-19(7-11(2)17-10)9-13-5-15(21)20-8-12(16)3-4-14(20)18-13/h3-5,8,10-11,17H,6-7,9H2,1-2H3. The summed E-state index contributed by atoms with van der Waals surface area (Å²) in [6.45, 7) is 7.04. The van der Waals surface area contributed by atoms with Crippen LogP contribution >= 0.6 is 15.9 Å². The van der Waals surface area contributed by atoms with Crippen molar-refractivity contribution >= 4 is 21.6 Å². The van der Waals surface area contributed by atoms with Crippen LogP contribution < -0.4 is 10.9 Å². The molecule has 2 aromatic heterocycles. The fourth-order valence-electron chi connectivity index (χ4n) is 3.01. The van der Waals surface area contributed by atoms with E-state index >= 15 is 0 Å². The third-order valence-corrected chi connectivity index (χ3v) is 4.16. The van der Waals surface area contributed by atoms with E-state index < -0.39 is 0 Å². The highest BCUT2D eigenvalue weighted by Gasteiger charge is 2.21. The lowest BCUT2D eigenvalue weighted by molar-refractivity contribution is 0.165. The molecule has 0 amide bonds. The fraction of sp³-hybridized carbons (Fsp3) is 0.467. The van der Waals surface area contributed by atoms with Gasteiger partial charge in [0.25, 0.3) is 5.56 Å². The van der Waals surface area contributed by atoms with E-state index in [-0.39, 0.29) is 5.56 Å². The second-order valence-electron chi connectivity index (χ2n) is 5.82. The van der Waals surface area contributed by atoms with Gasteiger partial charge in [0.1, 0.15) is 5.65 Å². The van der Waals surface area contributed by atoms with Crippen molar-refractivity contribution in [1.29, 1.82) is 0 Å². The first-order valence-electron chi connectivity index (χ1n) is 7.17. The highest BCUT2D eigenvalue weighted by molar-refractivity contribution is 9.10. The van der Waals surface area contributed by atoms with Gasteiger partial charge in [-0.3, -0.25) is 14.1 Å². The number of fused-ring (bicyclic) bond motifs is 1. The average molecular weight is 351 g/mol. The van der Waals surface area contributed by atoms with Crippen LogP contribution in [0.1, 0.15) is 19.5 Å². The van der Waals surface area contributed by atoms with Crippen molar-refractivity contribution in [2.24, 2.45) is 0 Å². The Morgan fingerprint density at radius 1 is 1.33 bits per heavy atom. The summed E-state index contributed by atoms with van der Waals surface area (Å²) in [5.74, 6) is 0. The number of pyridine rings is 1. The normalized spacial score (nSPS) is 23.6. The molecule has 6 heteroatoms. The summed E-state index contributed by atoms with van der Waals surface area (Å²) in [5, 5.41) is 3.51. The molecular formula is C15H19BrN4O. The highest BCUT2D eigenvalue weighted by atomic mass is 79.9. The number of nitrogens with one attached hydrogen (secondary N) is 1. The van der Waals surface area contributed by atoms with Crippen molar-refractivity contribution in [1.82, 2.24) is 19.6 Å². The molecule has 0 aromatic carbocycles. The highest BCUT2D eigenvalue weighted by Crippen LogP contribution is 2.11. The molecule has 1 saturated heterocycles. The Kier molecular flexibility index (Phi) is 4.10. The summed E-state index contributed by atoms with van der Waals surface area (Å²) in [5.41, 5.74) is 1.49. The molecule has 3 heterocycles. The molecule has 0 aliphatic carbocycles. The quantitative estimate of drug-likeness (QED) is 0.894. The van der Waals surface area contributed by atoms with Gasteiger partial charge < -0.3 is 5.32 Å². The number of rotatable bonds is 2. The Balaban J connectivity index is 1.87. The Labute approximate surface area is 132 Å². The van der Waals surface area contributed by atoms with Gasteiger partial charge in [-0.2, -0.15) is 0 Å². The van der Waals surface area contributed by atoms with E-state index in [9.17, 15) is 4.79 Å². The maximum absolute atomic E-state index is 12.2. The minimum absolute atomic E-state index is 0.0347. The number of hydrogen-bond donors (Lipinski definition) is 1. The molecule has 1 aliphatic rings. The van der Waals surface area contributed by atoms with Gasteiger partial charge in [0.05, 0.1) is 5.69 Å². The zero-order valence-corrected chi connectivity index (χ0v) is 13.8. The first-order valence-corrected chi connectivity index (χ1v) is 7.97. The van der Waals surface area contributed by atoms with Gasteiger partial charge in [-0.15, -0.1) is 0 Å². The molecule has 2 unspecified atom stereocenters. The predicted molar refractivity (Wildman–Crippen MR) is 86.5 cm³/mol. The van der Waals surface area contributed by atoms with Crippen molar-refractivity contribution in [2.45, 2.75) is 32.5 Å². The molecule has 1 N–H and O–H groups in total. The summed E-state index contributed by atoms with van der Waals surface area (Å²) in [7, 11) is 0. The lowest BCUT2D eigenvalue weighted by Crippen LogP contribution is -2.53. The number of halogens is 1. The number of nitrogens with zero attached hydrogens (tertiary/aromatic N) is 3. The van der Waals surface area contributed by atoms with Gasteiger partial charge >= 0.3 is 0 Å². The zero-order chi connectivity index (χ0) is 15.0. The van der Waals surface area contributed by atoms with Crippen molar-refractivity contribution < 1.29 is 0 Å². The average Bonchev–Trinajstić information content (AvgIpc) is 2.38. The maximum Gasteiger partial charge on any atom is 0.258 e. The second-order valence-corrected chi connectivity index (χ2v) is 6.74. The summed E-state index contributed by atoms with van der Waals surface area (Å²) < 4.78 is 2.44. The van der Waals surface area contributed by atoms with Crippen LogP contribution in [0.2, 0.25) is 0 Å². The van der Waals surface area contributed by atoms with E-state index in [4.69, 9.17) is 0 Å². The van der Waals surface area contributed by atoms with Gasteiger partial charge in [0.15, 0.2) is 0 Å². The van der Waals surface area contributed by atoms with E-state index in [2.05, 4.69) is 45.0 Å². The maximum atomic E-state index is 12.2.